The molecule has 0 saturated carbocycles. The molecule has 0 aliphatic carbocycles. The topological polar surface area (TPSA) is 35.0 Å². The largest absolute Gasteiger partial charge is 0.437 e. The Hall–Kier alpha value is -1.61. The van der Waals surface area contributed by atoms with Crippen LogP contribution in [0.15, 0.2) is 24.3 Å². The summed E-state index contributed by atoms with van der Waals surface area (Å²) >= 11 is 5.86. The van der Waals surface area contributed by atoms with Crippen molar-refractivity contribution in [3.63, 3.8) is 0 Å². The van der Waals surface area contributed by atoms with E-state index < -0.39 is 0 Å². The van der Waals surface area contributed by atoms with Crippen LogP contribution < -0.4 is 4.74 Å². The highest BCUT2D eigenvalue weighted by atomic mass is 35.5. The monoisotopic (exact) mass is 276 g/mol. The van der Waals surface area contributed by atoms with E-state index in [2.05, 4.69) is 16.9 Å². The van der Waals surface area contributed by atoms with Crippen molar-refractivity contribution in [2.24, 2.45) is 0 Å². The van der Waals surface area contributed by atoms with Crippen LogP contribution in [0.5, 0.6) is 11.6 Å². The second-order valence-electron chi connectivity index (χ2n) is 4.44. The predicted octanol–water partition coefficient (Wildman–Crippen LogP) is 4.19. The van der Waals surface area contributed by atoms with E-state index >= 15 is 0 Å². The van der Waals surface area contributed by atoms with Crippen LogP contribution in [-0.2, 0) is 12.3 Å². The molecule has 2 aromatic heterocycles. The Bertz CT molecular complexity index is 584. The fourth-order valence-corrected chi connectivity index (χ4v) is 2.05. The minimum Gasteiger partial charge on any atom is -0.437 e. The third-order valence-electron chi connectivity index (χ3n) is 2.77. The molecule has 2 heterocycles. The number of hydrogen-bond acceptors (Lipinski definition) is 3. The van der Waals surface area contributed by atoms with Gasteiger partial charge in [0.1, 0.15) is 0 Å². The second kappa shape index (κ2) is 6.02. The molecule has 0 aromatic carbocycles. The van der Waals surface area contributed by atoms with Crippen molar-refractivity contribution in [3.05, 3.63) is 46.9 Å². The molecule has 0 aliphatic rings. The van der Waals surface area contributed by atoms with Crippen LogP contribution in [0, 0.1) is 13.8 Å². The van der Waals surface area contributed by atoms with Gasteiger partial charge in [-0.25, -0.2) is 4.98 Å². The van der Waals surface area contributed by atoms with E-state index in [1.54, 1.807) is 0 Å². The molecule has 0 fully saturated rings. The second-order valence-corrected chi connectivity index (χ2v) is 4.71. The zero-order valence-electron chi connectivity index (χ0n) is 11.4. The van der Waals surface area contributed by atoms with Crippen LogP contribution in [0.25, 0.3) is 0 Å². The van der Waals surface area contributed by atoms with Gasteiger partial charge in [-0.05, 0) is 44.0 Å². The Labute approximate surface area is 118 Å². The molecule has 2 aromatic rings. The van der Waals surface area contributed by atoms with Gasteiger partial charge in [0.2, 0.25) is 5.88 Å². The number of hydrogen-bond donors (Lipinski definition) is 0. The van der Waals surface area contributed by atoms with Crippen LogP contribution >= 0.6 is 11.6 Å². The van der Waals surface area contributed by atoms with Crippen molar-refractivity contribution < 1.29 is 4.74 Å². The zero-order chi connectivity index (χ0) is 13.8. The van der Waals surface area contributed by atoms with Gasteiger partial charge in [-0.1, -0.05) is 6.92 Å². The highest BCUT2D eigenvalue weighted by Gasteiger charge is 2.07. The van der Waals surface area contributed by atoms with E-state index in [4.69, 9.17) is 16.3 Å². The standard InChI is InChI=1S/C15H17ClN2O/c1-4-13-14(6-5-10(2)17-13)19-15-8-12(9-16)7-11(3)18-15/h5-8H,4,9H2,1-3H3. The first-order valence-corrected chi connectivity index (χ1v) is 6.83. The molecular weight excluding hydrogens is 260 g/mol. The van der Waals surface area contributed by atoms with E-state index in [0.29, 0.717) is 11.8 Å². The minimum atomic E-state index is 0.451. The zero-order valence-corrected chi connectivity index (χ0v) is 12.2. The van der Waals surface area contributed by atoms with E-state index in [1.165, 1.54) is 0 Å². The van der Waals surface area contributed by atoms with Crippen molar-refractivity contribution in [1.29, 1.82) is 0 Å². The lowest BCUT2D eigenvalue weighted by atomic mass is 10.2. The minimum absolute atomic E-state index is 0.451. The van der Waals surface area contributed by atoms with Crippen molar-refractivity contribution in [1.82, 2.24) is 9.97 Å². The molecule has 0 atom stereocenters. The average Bonchev–Trinajstić information content (AvgIpc) is 2.40. The first kappa shape index (κ1) is 13.8. The number of alkyl halides is 1. The molecule has 0 amide bonds. The first-order valence-electron chi connectivity index (χ1n) is 6.30. The molecule has 2 rings (SSSR count). The summed E-state index contributed by atoms with van der Waals surface area (Å²) in [5.41, 5.74) is 3.83. The normalized spacial score (nSPS) is 10.5. The molecule has 0 N–H and O–H groups in total. The number of aryl methyl sites for hydroxylation is 3. The third-order valence-corrected chi connectivity index (χ3v) is 3.07. The summed E-state index contributed by atoms with van der Waals surface area (Å²) in [6.45, 7) is 5.96. The van der Waals surface area contributed by atoms with E-state index in [9.17, 15) is 0 Å². The lowest BCUT2D eigenvalue weighted by Crippen LogP contribution is -1.98. The summed E-state index contributed by atoms with van der Waals surface area (Å²) in [5, 5.41) is 0. The molecule has 0 bridgehead atoms. The Morgan fingerprint density at radius 2 is 1.89 bits per heavy atom. The van der Waals surface area contributed by atoms with Gasteiger partial charge in [0, 0.05) is 23.3 Å². The van der Waals surface area contributed by atoms with E-state index in [1.807, 2.05) is 38.1 Å². The summed E-state index contributed by atoms with van der Waals surface area (Å²) in [6.07, 6.45) is 0.825. The van der Waals surface area contributed by atoms with Gasteiger partial charge in [-0.2, -0.15) is 0 Å². The Morgan fingerprint density at radius 3 is 2.58 bits per heavy atom. The van der Waals surface area contributed by atoms with Crippen LogP contribution in [0.2, 0.25) is 0 Å². The maximum absolute atomic E-state index is 5.86. The fourth-order valence-electron chi connectivity index (χ4n) is 1.89. The summed E-state index contributed by atoms with van der Waals surface area (Å²) in [4.78, 5) is 8.84. The molecule has 0 aliphatic heterocycles. The van der Waals surface area contributed by atoms with Gasteiger partial charge < -0.3 is 4.74 Å². The molecule has 0 saturated heterocycles. The van der Waals surface area contributed by atoms with Crippen molar-refractivity contribution in [2.75, 3.05) is 0 Å². The lowest BCUT2D eigenvalue weighted by Gasteiger charge is -2.10. The summed E-state index contributed by atoms with van der Waals surface area (Å²) in [5.74, 6) is 1.77. The van der Waals surface area contributed by atoms with Gasteiger partial charge in [-0.15, -0.1) is 11.6 Å². The average molecular weight is 277 g/mol. The quantitative estimate of drug-likeness (QED) is 0.786. The van der Waals surface area contributed by atoms with Crippen molar-refractivity contribution >= 4 is 11.6 Å². The number of nitrogens with zero attached hydrogens (tertiary/aromatic N) is 2. The van der Waals surface area contributed by atoms with Crippen LogP contribution in [0.4, 0.5) is 0 Å². The van der Waals surface area contributed by atoms with Gasteiger partial charge in [-0.3, -0.25) is 4.98 Å². The van der Waals surface area contributed by atoms with Gasteiger partial charge >= 0.3 is 0 Å². The van der Waals surface area contributed by atoms with Crippen LogP contribution in [-0.4, -0.2) is 9.97 Å². The van der Waals surface area contributed by atoms with Gasteiger partial charge in [0.25, 0.3) is 0 Å². The van der Waals surface area contributed by atoms with Crippen molar-refractivity contribution in [2.45, 2.75) is 33.1 Å². The summed E-state index contributed by atoms with van der Waals surface area (Å²) < 4.78 is 5.85. The number of pyridine rings is 2. The lowest BCUT2D eigenvalue weighted by molar-refractivity contribution is 0.452. The molecule has 100 valence electrons. The summed E-state index contributed by atoms with van der Waals surface area (Å²) in [6, 6.07) is 7.69. The number of halogens is 1. The maximum atomic E-state index is 5.86. The summed E-state index contributed by atoms with van der Waals surface area (Å²) in [7, 11) is 0. The van der Waals surface area contributed by atoms with E-state index in [-0.39, 0.29) is 0 Å². The molecule has 0 radical (unpaired) electrons. The SMILES string of the molecule is CCc1nc(C)ccc1Oc1cc(CCl)cc(C)n1. The number of aromatic nitrogens is 2. The Balaban J connectivity index is 2.33. The molecule has 0 unspecified atom stereocenters. The molecule has 19 heavy (non-hydrogen) atoms. The van der Waals surface area contributed by atoms with Crippen molar-refractivity contribution in [3.8, 4) is 11.6 Å². The molecular formula is C15H17ClN2O. The van der Waals surface area contributed by atoms with Crippen LogP contribution in [0.3, 0.4) is 0 Å². The highest BCUT2D eigenvalue weighted by Crippen LogP contribution is 2.25. The van der Waals surface area contributed by atoms with Gasteiger partial charge in [0.15, 0.2) is 5.75 Å². The smallest absolute Gasteiger partial charge is 0.219 e. The van der Waals surface area contributed by atoms with Gasteiger partial charge in [0.05, 0.1) is 5.69 Å². The predicted molar refractivity (Wildman–Crippen MR) is 77.0 cm³/mol. The highest BCUT2D eigenvalue weighted by molar-refractivity contribution is 6.17. The molecule has 4 heteroatoms. The van der Waals surface area contributed by atoms with Crippen LogP contribution in [0.1, 0.15) is 29.6 Å². The Morgan fingerprint density at radius 1 is 1.11 bits per heavy atom. The third kappa shape index (κ3) is 3.44. The maximum Gasteiger partial charge on any atom is 0.219 e. The van der Waals surface area contributed by atoms with E-state index in [0.717, 1.165) is 34.8 Å². The molecule has 0 spiro atoms. The number of ether oxygens (including phenoxy) is 1. The molecule has 3 nitrogen and oxygen atoms in total. The fraction of sp³-hybridized carbons (Fsp3) is 0.333. The number of rotatable bonds is 4. The first-order chi connectivity index (χ1) is 9.12. The Kier molecular flexibility index (Phi) is 4.38.